The third-order valence-corrected chi connectivity index (χ3v) is 2.95. The van der Waals surface area contributed by atoms with Crippen LogP contribution in [0.4, 0.5) is 10.5 Å². The van der Waals surface area contributed by atoms with E-state index in [0.29, 0.717) is 0 Å². The van der Waals surface area contributed by atoms with E-state index in [9.17, 15) is 4.79 Å². The molecule has 0 bridgehead atoms. The average molecular weight is 413 g/mol. The number of methoxy groups -OCH3 is 1. The summed E-state index contributed by atoms with van der Waals surface area (Å²) in [5.74, 6) is 0.766. The van der Waals surface area contributed by atoms with Gasteiger partial charge < -0.3 is 15.4 Å². The van der Waals surface area contributed by atoms with Crippen LogP contribution in [0.25, 0.3) is 0 Å². The number of benzene rings is 1. The maximum atomic E-state index is 10.9. The number of anilines is 1. The van der Waals surface area contributed by atoms with Gasteiger partial charge in [-0.1, -0.05) is 39.8 Å². The number of carbonyl (C=O) groups excluding carboxylic acids is 1. The molecule has 2 heterocycles. The van der Waals surface area contributed by atoms with Crippen molar-refractivity contribution < 1.29 is 9.53 Å². The molecule has 0 saturated carbocycles. The van der Waals surface area contributed by atoms with E-state index in [4.69, 9.17) is 4.74 Å². The third-order valence-electron chi connectivity index (χ3n) is 2.95. The number of rotatable bonds is 2. The molecular weight excluding hydrogens is 376 g/mol. The first-order valence-corrected chi connectivity index (χ1v) is 10.0. The second-order valence-electron chi connectivity index (χ2n) is 4.93. The van der Waals surface area contributed by atoms with Gasteiger partial charge in [0.2, 0.25) is 0 Å². The van der Waals surface area contributed by atoms with Crippen molar-refractivity contribution in [2.75, 3.05) is 19.5 Å². The van der Waals surface area contributed by atoms with Crippen LogP contribution in [0.1, 0.15) is 33.4 Å². The van der Waals surface area contributed by atoms with E-state index in [0.717, 1.165) is 17.1 Å². The van der Waals surface area contributed by atoms with Crippen molar-refractivity contribution >= 4 is 11.7 Å². The molecule has 0 aliphatic heterocycles. The van der Waals surface area contributed by atoms with Gasteiger partial charge in [0, 0.05) is 37.0 Å². The molecule has 0 aliphatic carbocycles. The van der Waals surface area contributed by atoms with Gasteiger partial charge in [-0.05, 0) is 55.5 Å². The summed E-state index contributed by atoms with van der Waals surface area (Å²) in [6, 6.07) is 18.5. The zero-order valence-corrected chi connectivity index (χ0v) is 19.2. The van der Waals surface area contributed by atoms with Crippen LogP contribution in [0.3, 0.4) is 0 Å². The minimum absolute atomic E-state index is 0.231. The van der Waals surface area contributed by atoms with Crippen molar-refractivity contribution in [1.82, 2.24) is 15.3 Å². The molecule has 0 fully saturated rings. The van der Waals surface area contributed by atoms with Gasteiger partial charge in [0.15, 0.2) is 0 Å². The Morgan fingerprint density at radius 2 is 1.40 bits per heavy atom. The molecule has 0 aliphatic rings. The number of aryl methyl sites for hydroxylation is 1. The molecule has 30 heavy (non-hydrogen) atoms. The molecular formula is C24H36N4O2. The summed E-state index contributed by atoms with van der Waals surface area (Å²) in [5, 5.41) is 5.10. The Morgan fingerprint density at radius 1 is 0.833 bits per heavy atom. The van der Waals surface area contributed by atoms with Gasteiger partial charge in [0.05, 0.1) is 7.11 Å². The third kappa shape index (κ3) is 16.7. The fourth-order valence-electron chi connectivity index (χ4n) is 1.63. The van der Waals surface area contributed by atoms with Gasteiger partial charge in [-0.3, -0.25) is 9.97 Å². The van der Waals surface area contributed by atoms with E-state index >= 15 is 0 Å². The Morgan fingerprint density at radius 3 is 1.70 bits per heavy atom. The van der Waals surface area contributed by atoms with Crippen LogP contribution in [0.2, 0.25) is 0 Å². The highest BCUT2D eigenvalue weighted by Gasteiger charge is 1.97. The molecule has 1 aromatic carbocycles. The Kier molecular flexibility index (Phi) is 21.0. The maximum Gasteiger partial charge on any atom is 0.318 e. The molecule has 0 unspecified atom stereocenters. The second kappa shape index (κ2) is 21.9. The van der Waals surface area contributed by atoms with Crippen molar-refractivity contribution in [2.24, 2.45) is 0 Å². The van der Waals surface area contributed by atoms with Gasteiger partial charge in [0.1, 0.15) is 5.75 Å². The standard InChI is InChI=1S/C9H12N2O2.C6H7N.C5H5N.2C2H6/c1-10-9(12)11-7-3-5-8(13-2)6-4-7;1-6-4-2-3-5-7-6;1-2-4-6-5-3-1;2*1-2/h3-6H,1-2H3,(H2,10,11,12);2-5H,1H3;1-5H;2*1-2H3. The van der Waals surface area contributed by atoms with E-state index in [1.807, 2.05) is 71.0 Å². The first-order valence-electron chi connectivity index (χ1n) is 10.0. The van der Waals surface area contributed by atoms with Crippen molar-refractivity contribution in [3.8, 4) is 5.75 Å². The number of aromatic nitrogens is 2. The van der Waals surface area contributed by atoms with Crippen molar-refractivity contribution in [2.45, 2.75) is 34.6 Å². The van der Waals surface area contributed by atoms with Gasteiger partial charge in [0.25, 0.3) is 0 Å². The van der Waals surface area contributed by atoms with Gasteiger partial charge in [-0.2, -0.15) is 0 Å². The molecule has 0 radical (unpaired) electrons. The lowest BCUT2D eigenvalue weighted by Crippen LogP contribution is -2.24. The first-order chi connectivity index (χ1) is 14.7. The quantitative estimate of drug-likeness (QED) is 0.543. The largest absolute Gasteiger partial charge is 0.497 e. The highest BCUT2D eigenvalue weighted by atomic mass is 16.5. The molecule has 0 saturated heterocycles. The zero-order valence-electron chi connectivity index (χ0n) is 19.2. The predicted molar refractivity (Wildman–Crippen MR) is 127 cm³/mol. The first kappa shape index (κ1) is 28.8. The minimum atomic E-state index is -0.231. The van der Waals surface area contributed by atoms with E-state index < -0.39 is 0 Å². The molecule has 2 N–H and O–H groups in total. The number of hydrogen-bond acceptors (Lipinski definition) is 4. The molecule has 0 atom stereocenters. The summed E-state index contributed by atoms with van der Waals surface area (Å²) in [7, 11) is 3.17. The monoisotopic (exact) mass is 412 g/mol. The Balaban J connectivity index is 0. The van der Waals surface area contributed by atoms with Gasteiger partial charge in [-0.15, -0.1) is 0 Å². The van der Waals surface area contributed by atoms with Crippen LogP contribution in [0.5, 0.6) is 5.75 Å². The smallest absolute Gasteiger partial charge is 0.318 e. The maximum absolute atomic E-state index is 10.9. The molecule has 6 nitrogen and oxygen atoms in total. The normalized spacial score (nSPS) is 7.97. The SMILES string of the molecule is CC.CC.CNC(=O)Nc1ccc(OC)cc1.Cc1ccccn1.c1ccncc1. The number of pyridine rings is 2. The predicted octanol–water partition coefficient (Wildman–Crippen LogP) is 5.97. The Labute approximate surface area is 181 Å². The molecule has 6 heteroatoms. The number of amides is 2. The van der Waals surface area contributed by atoms with Crippen LogP contribution < -0.4 is 15.4 Å². The number of ether oxygens (including phenoxy) is 1. The number of nitrogens with zero attached hydrogens (tertiary/aromatic N) is 2. The molecule has 0 spiro atoms. The Hall–Kier alpha value is -3.41. The van der Waals surface area contributed by atoms with Crippen LogP contribution in [-0.4, -0.2) is 30.2 Å². The summed E-state index contributed by atoms with van der Waals surface area (Å²) in [6.45, 7) is 9.97. The number of urea groups is 1. The molecule has 3 aromatic rings. The minimum Gasteiger partial charge on any atom is -0.497 e. The molecule has 164 valence electrons. The van der Waals surface area contributed by atoms with Crippen LogP contribution in [0, 0.1) is 6.92 Å². The van der Waals surface area contributed by atoms with E-state index in [2.05, 4.69) is 20.6 Å². The van der Waals surface area contributed by atoms with Crippen molar-refractivity contribution in [3.63, 3.8) is 0 Å². The van der Waals surface area contributed by atoms with Gasteiger partial charge in [-0.25, -0.2) is 4.79 Å². The summed E-state index contributed by atoms with van der Waals surface area (Å²) in [5.41, 5.74) is 1.81. The van der Waals surface area contributed by atoms with E-state index in [1.54, 1.807) is 57.0 Å². The number of hydrogen-bond donors (Lipinski definition) is 2. The molecule has 2 amide bonds. The van der Waals surface area contributed by atoms with Crippen LogP contribution in [-0.2, 0) is 0 Å². The lowest BCUT2D eigenvalue weighted by molar-refractivity contribution is 0.254. The summed E-state index contributed by atoms with van der Waals surface area (Å²) in [6.07, 6.45) is 5.29. The average Bonchev–Trinajstić information content (AvgIpc) is 2.84. The summed E-state index contributed by atoms with van der Waals surface area (Å²) in [4.78, 5) is 18.6. The van der Waals surface area contributed by atoms with E-state index in [1.165, 1.54) is 0 Å². The van der Waals surface area contributed by atoms with Crippen LogP contribution >= 0.6 is 0 Å². The van der Waals surface area contributed by atoms with Crippen LogP contribution in [0.15, 0.2) is 79.3 Å². The number of nitrogens with one attached hydrogen (secondary N) is 2. The van der Waals surface area contributed by atoms with E-state index in [-0.39, 0.29) is 6.03 Å². The van der Waals surface area contributed by atoms with Crippen molar-refractivity contribution in [3.05, 3.63) is 84.9 Å². The fraction of sp³-hybridized carbons (Fsp3) is 0.292. The second-order valence-corrected chi connectivity index (χ2v) is 4.93. The summed E-state index contributed by atoms with van der Waals surface area (Å²) >= 11 is 0. The lowest BCUT2D eigenvalue weighted by atomic mass is 10.3. The Bertz CT molecular complexity index is 695. The topological polar surface area (TPSA) is 76.1 Å². The fourth-order valence-corrected chi connectivity index (χ4v) is 1.63. The highest BCUT2D eigenvalue weighted by Crippen LogP contribution is 2.14. The summed E-state index contributed by atoms with van der Waals surface area (Å²) < 4.78 is 4.97. The highest BCUT2D eigenvalue weighted by molar-refractivity contribution is 5.88. The molecule has 2 aromatic heterocycles. The van der Waals surface area contributed by atoms with Crippen molar-refractivity contribution in [1.29, 1.82) is 0 Å². The van der Waals surface area contributed by atoms with Gasteiger partial charge >= 0.3 is 6.03 Å². The zero-order chi connectivity index (χ0) is 23.0. The number of carbonyl (C=O) groups is 1. The lowest BCUT2D eigenvalue weighted by Gasteiger charge is -2.04. The molecule has 3 rings (SSSR count).